The van der Waals surface area contributed by atoms with Crippen molar-refractivity contribution in [3.05, 3.63) is 53.5 Å². The van der Waals surface area contributed by atoms with Gasteiger partial charge in [-0.1, -0.05) is 44.2 Å². The van der Waals surface area contributed by atoms with E-state index in [1.54, 1.807) is 6.07 Å². The molecule has 0 unspecified atom stereocenters. The second-order valence-electron chi connectivity index (χ2n) is 6.49. The van der Waals surface area contributed by atoms with Crippen LogP contribution in [-0.2, 0) is 6.42 Å². The van der Waals surface area contributed by atoms with Gasteiger partial charge in [0.25, 0.3) is 5.91 Å². The van der Waals surface area contributed by atoms with Gasteiger partial charge in [-0.25, -0.2) is 9.97 Å². The van der Waals surface area contributed by atoms with Crippen molar-refractivity contribution >= 4 is 11.7 Å². The molecule has 0 fully saturated rings. The Bertz CT molecular complexity index is 682. The van der Waals surface area contributed by atoms with Crippen molar-refractivity contribution in [3.8, 4) is 0 Å². The first kappa shape index (κ1) is 19.9. The number of carbonyl (C=O) groups is 1. The van der Waals surface area contributed by atoms with Gasteiger partial charge in [0, 0.05) is 25.7 Å². The summed E-state index contributed by atoms with van der Waals surface area (Å²) in [7, 11) is 0. The third-order valence-electron chi connectivity index (χ3n) is 4.12. The van der Waals surface area contributed by atoms with E-state index in [0.717, 1.165) is 51.1 Å². The van der Waals surface area contributed by atoms with E-state index in [0.29, 0.717) is 11.5 Å². The first-order valence-electron chi connectivity index (χ1n) is 9.56. The average molecular weight is 354 g/mol. The summed E-state index contributed by atoms with van der Waals surface area (Å²) in [6.45, 7) is 8.33. The largest absolute Gasteiger partial charge is 0.370 e. The van der Waals surface area contributed by atoms with Gasteiger partial charge < -0.3 is 10.2 Å². The van der Waals surface area contributed by atoms with Crippen molar-refractivity contribution in [2.75, 3.05) is 25.0 Å². The number of aryl methyl sites for hydroxylation is 2. The third kappa shape index (κ3) is 6.14. The number of rotatable bonds is 10. The van der Waals surface area contributed by atoms with Gasteiger partial charge in [0.15, 0.2) is 0 Å². The van der Waals surface area contributed by atoms with Crippen molar-refractivity contribution in [1.29, 1.82) is 0 Å². The van der Waals surface area contributed by atoms with Gasteiger partial charge in [0.2, 0.25) is 0 Å². The van der Waals surface area contributed by atoms with E-state index in [1.165, 1.54) is 5.56 Å². The van der Waals surface area contributed by atoms with Crippen LogP contribution in [0, 0.1) is 6.92 Å². The molecule has 1 heterocycles. The van der Waals surface area contributed by atoms with Gasteiger partial charge in [-0.05, 0) is 38.2 Å². The molecule has 1 amide bonds. The lowest BCUT2D eigenvalue weighted by atomic mass is 10.1. The van der Waals surface area contributed by atoms with Crippen molar-refractivity contribution in [3.63, 3.8) is 0 Å². The first-order chi connectivity index (χ1) is 12.6. The Morgan fingerprint density at radius 3 is 2.42 bits per heavy atom. The fourth-order valence-electron chi connectivity index (χ4n) is 2.94. The summed E-state index contributed by atoms with van der Waals surface area (Å²) < 4.78 is 0. The highest BCUT2D eigenvalue weighted by molar-refractivity contribution is 5.93. The summed E-state index contributed by atoms with van der Waals surface area (Å²) in [4.78, 5) is 23.4. The smallest absolute Gasteiger partial charge is 0.272 e. The number of hydrogen-bond acceptors (Lipinski definition) is 4. The van der Waals surface area contributed by atoms with Crippen LogP contribution in [-0.4, -0.2) is 40.4 Å². The molecule has 2 aromatic rings. The standard InChI is InChI=1S/C21H30N4O/c1-4-14-25(15-5-2)21(26)19-16-20(24-17(3)23-19)22-13-9-12-18-10-7-6-8-11-18/h6-8,10-11,16H,4-5,9,12-15H2,1-3H3,(H,22,23,24). The summed E-state index contributed by atoms with van der Waals surface area (Å²) in [5.41, 5.74) is 1.81. The lowest BCUT2D eigenvalue weighted by Gasteiger charge is -2.21. The molecule has 1 aromatic heterocycles. The van der Waals surface area contributed by atoms with Crippen LogP contribution in [0.25, 0.3) is 0 Å². The molecule has 0 atom stereocenters. The van der Waals surface area contributed by atoms with Crippen molar-refractivity contribution < 1.29 is 4.79 Å². The highest BCUT2D eigenvalue weighted by atomic mass is 16.2. The molecule has 5 heteroatoms. The number of carbonyl (C=O) groups excluding carboxylic acids is 1. The second kappa shape index (κ2) is 10.5. The summed E-state index contributed by atoms with van der Waals surface area (Å²) in [6.07, 6.45) is 3.92. The maximum Gasteiger partial charge on any atom is 0.272 e. The fourth-order valence-corrected chi connectivity index (χ4v) is 2.94. The second-order valence-corrected chi connectivity index (χ2v) is 6.49. The van der Waals surface area contributed by atoms with Gasteiger partial charge in [-0.2, -0.15) is 0 Å². The maximum absolute atomic E-state index is 12.8. The molecule has 140 valence electrons. The highest BCUT2D eigenvalue weighted by Gasteiger charge is 2.17. The van der Waals surface area contributed by atoms with Crippen LogP contribution in [0.1, 0.15) is 55.0 Å². The Morgan fingerprint density at radius 2 is 1.77 bits per heavy atom. The Balaban J connectivity index is 1.96. The SMILES string of the molecule is CCCN(CCC)C(=O)c1cc(NCCCc2ccccc2)nc(C)n1. The molecule has 0 radical (unpaired) electrons. The Labute approximate surface area is 156 Å². The van der Waals surface area contributed by atoms with Crippen LogP contribution >= 0.6 is 0 Å². The number of benzene rings is 1. The van der Waals surface area contributed by atoms with Crippen LogP contribution in [0.15, 0.2) is 36.4 Å². The zero-order chi connectivity index (χ0) is 18.8. The summed E-state index contributed by atoms with van der Waals surface area (Å²) in [5.74, 6) is 1.34. The minimum atomic E-state index is -0.00784. The molecule has 0 bridgehead atoms. The van der Waals surface area contributed by atoms with E-state index in [1.807, 2.05) is 17.9 Å². The van der Waals surface area contributed by atoms with Crippen molar-refractivity contribution in [1.82, 2.24) is 14.9 Å². The Hall–Kier alpha value is -2.43. The third-order valence-corrected chi connectivity index (χ3v) is 4.12. The number of anilines is 1. The lowest BCUT2D eigenvalue weighted by molar-refractivity contribution is 0.0749. The van der Waals surface area contributed by atoms with E-state index in [4.69, 9.17) is 0 Å². The number of aromatic nitrogens is 2. The fraction of sp³-hybridized carbons (Fsp3) is 0.476. The quantitative estimate of drug-likeness (QED) is 0.653. The normalized spacial score (nSPS) is 10.6. The van der Waals surface area contributed by atoms with Gasteiger partial charge >= 0.3 is 0 Å². The molecular weight excluding hydrogens is 324 g/mol. The predicted molar refractivity (Wildman–Crippen MR) is 107 cm³/mol. The van der Waals surface area contributed by atoms with Crippen LogP contribution in [0.4, 0.5) is 5.82 Å². The lowest BCUT2D eigenvalue weighted by Crippen LogP contribution is -2.33. The van der Waals surface area contributed by atoms with Crippen molar-refractivity contribution in [2.45, 2.75) is 46.5 Å². The van der Waals surface area contributed by atoms with Crippen LogP contribution in [0.2, 0.25) is 0 Å². The number of amides is 1. The minimum absolute atomic E-state index is 0.00784. The molecule has 0 saturated carbocycles. The number of nitrogens with zero attached hydrogens (tertiary/aromatic N) is 3. The van der Waals surface area contributed by atoms with E-state index in [-0.39, 0.29) is 5.91 Å². The van der Waals surface area contributed by atoms with E-state index >= 15 is 0 Å². The Kier molecular flexibility index (Phi) is 8.06. The number of hydrogen-bond donors (Lipinski definition) is 1. The predicted octanol–water partition coefficient (Wildman–Crippen LogP) is 4.09. The van der Waals surface area contributed by atoms with Crippen LogP contribution < -0.4 is 5.32 Å². The molecule has 0 aliphatic carbocycles. The monoisotopic (exact) mass is 354 g/mol. The van der Waals surface area contributed by atoms with Gasteiger partial charge in [0.1, 0.15) is 17.3 Å². The molecule has 5 nitrogen and oxygen atoms in total. The van der Waals surface area contributed by atoms with Crippen molar-refractivity contribution in [2.24, 2.45) is 0 Å². The zero-order valence-electron chi connectivity index (χ0n) is 16.2. The van der Waals surface area contributed by atoms with Crippen LogP contribution in [0.3, 0.4) is 0 Å². The maximum atomic E-state index is 12.8. The molecule has 1 aromatic carbocycles. The minimum Gasteiger partial charge on any atom is -0.370 e. The molecule has 0 aliphatic rings. The number of nitrogens with one attached hydrogen (secondary N) is 1. The summed E-state index contributed by atoms with van der Waals surface area (Å²) in [6, 6.07) is 12.2. The van der Waals surface area contributed by atoms with E-state index in [9.17, 15) is 4.79 Å². The average Bonchev–Trinajstić information content (AvgIpc) is 2.65. The summed E-state index contributed by atoms with van der Waals surface area (Å²) >= 11 is 0. The topological polar surface area (TPSA) is 58.1 Å². The van der Waals surface area contributed by atoms with Crippen LogP contribution in [0.5, 0.6) is 0 Å². The molecule has 26 heavy (non-hydrogen) atoms. The molecule has 0 spiro atoms. The zero-order valence-corrected chi connectivity index (χ0v) is 16.2. The Morgan fingerprint density at radius 1 is 1.08 bits per heavy atom. The molecule has 0 saturated heterocycles. The first-order valence-corrected chi connectivity index (χ1v) is 9.56. The molecule has 0 aliphatic heterocycles. The van der Waals surface area contributed by atoms with Gasteiger partial charge in [-0.3, -0.25) is 4.79 Å². The molecule has 2 rings (SSSR count). The summed E-state index contributed by atoms with van der Waals surface area (Å²) in [5, 5.41) is 3.33. The molecule has 1 N–H and O–H groups in total. The van der Waals surface area contributed by atoms with Gasteiger partial charge in [-0.15, -0.1) is 0 Å². The highest BCUT2D eigenvalue weighted by Crippen LogP contribution is 2.11. The van der Waals surface area contributed by atoms with E-state index in [2.05, 4.69) is 53.4 Å². The molecular formula is C21H30N4O. The van der Waals surface area contributed by atoms with E-state index < -0.39 is 0 Å². The van der Waals surface area contributed by atoms with Gasteiger partial charge in [0.05, 0.1) is 0 Å².